The Hall–Kier alpha value is -2.61. The Kier molecular flexibility index (Phi) is 6.18. The van der Waals surface area contributed by atoms with Gasteiger partial charge >= 0.3 is 12.1 Å². The summed E-state index contributed by atoms with van der Waals surface area (Å²) in [4.78, 5) is 19.8. The second-order valence-electron chi connectivity index (χ2n) is 6.71. The fourth-order valence-electron chi connectivity index (χ4n) is 3.22. The molecule has 0 aliphatic carbocycles. The lowest BCUT2D eigenvalue weighted by Crippen LogP contribution is -2.31. The Morgan fingerprint density at radius 3 is 2.43 bits per heavy atom. The van der Waals surface area contributed by atoms with Crippen molar-refractivity contribution in [3.8, 4) is 0 Å². The molecule has 3 rings (SSSR count). The Labute approximate surface area is 161 Å². The van der Waals surface area contributed by atoms with E-state index >= 15 is 0 Å². The topological polar surface area (TPSA) is 45.7 Å². The van der Waals surface area contributed by atoms with Crippen LogP contribution in [0.1, 0.15) is 27.9 Å². The molecule has 5 nitrogen and oxygen atoms in total. The van der Waals surface area contributed by atoms with Crippen LogP contribution in [0.2, 0.25) is 0 Å². The molecule has 0 amide bonds. The van der Waals surface area contributed by atoms with Crippen LogP contribution in [0.15, 0.2) is 42.6 Å². The van der Waals surface area contributed by atoms with Crippen LogP contribution < -0.4 is 4.90 Å². The van der Waals surface area contributed by atoms with Gasteiger partial charge in [0.1, 0.15) is 5.82 Å². The van der Waals surface area contributed by atoms with E-state index in [-0.39, 0.29) is 5.97 Å². The summed E-state index contributed by atoms with van der Waals surface area (Å²) in [7, 11) is 1.35. The van der Waals surface area contributed by atoms with Gasteiger partial charge in [-0.1, -0.05) is 12.1 Å². The molecule has 0 N–H and O–H groups in total. The normalized spacial score (nSPS) is 15.9. The maximum Gasteiger partial charge on any atom is 0.417 e. The summed E-state index contributed by atoms with van der Waals surface area (Å²) >= 11 is 0. The Balaban J connectivity index is 1.58. The number of alkyl halides is 3. The number of nitrogens with zero attached hydrogens (tertiary/aromatic N) is 3. The minimum absolute atomic E-state index is 0.360. The largest absolute Gasteiger partial charge is 0.465 e. The molecule has 0 bridgehead atoms. The van der Waals surface area contributed by atoms with Gasteiger partial charge in [-0.15, -0.1) is 0 Å². The highest BCUT2D eigenvalue weighted by Gasteiger charge is 2.31. The minimum Gasteiger partial charge on any atom is -0.465 e. The van der Waals surface area contributed by atoms with Gasteiger partial charge in [0.2, 0.25) is 0 Å². The molecule has 2 aromatic rings. The zero-order chi connectivity index (χ0) is 20.1. The van der Waals surface area contributed by atoms with Gasteiger partial charge in [-0.05, 0) is 36.2 Å². The van der Waals surface area contributed by atoms with Crippen LogP contribution in [-0.2, 0) is 17.5 Å². The van der Waals surface area contributed by atoms with Crippen molar-refractivity contribution in [3.05, 3.63) is 59.3 Å². The summed E-state index contributed by atoms with van der Waals surface area (Å²) in [6.45, 7) is 3.85. The van der Waals surface area contributed by atoms with Crippen molar-refractivity contribution in [3.63, 3.8) is 0 Å². The molecular formula is C20H22F3N3O2. The number of halogens is 3. The molecule has 150 valence electrons. The van der Waals surface area contributed by atoms with Crippen LogP contribution >= 0.6 is 0 Å². The lowest BCUT2D eigenvalue weighted by Gasteiger charge is -2.23. The van der Waals surface area contributed by atoms with Gasteiger partial charge in [0.25, 0.3) is 0 Å². The lowest BCUT2D eigenvalue weighted by molar-refractivity contribution is -0.137. The second-order valence-corrected chi connectivity index (χ2v) is 6.71. The molecule has 1 aliphatic rings. The number of benzene rings is 1. The van der Waals surface area contributed by atoms with E-state index in [1.807, 2.05) is 17.0 Å². The number of esters is 1. The standard InChI is InChI=1S/C20H22F3N3O2/c1-28-19(27)16-5-3-15(4-6-16)14-25-9-2-10-26(12-11-25)18-8-7-17(13-24-18)20(21,22)23/h3-8,13H,2,9-12,14H2,1H3. The average molecular weight is 393 g/mol. The smallest absolute Gasteiger partial charge is 0.417 e. The molecule has 0 spiro atoms. The van der Waals surface area contributed by atoms with Crippen molar-refractivity contribution in [2.75, 3.05) is 38.2 Å². The molecule has 28 heavy (non-hydrogen) atoms. The number of rotatable bonds is 4. The first kappa shape index (κ1) is 20.1. The average Bonchev–Trinajstić information content (AvgIpc) is 2.93. The molecule has 1 saturated heterocycles. The number of methoxy groups -OCH3 is 1. The highest BCUT2D eigenvalue weighted by molar-refractivity contribution is 5.89. The first-order chi connectivity index (χ1) is 13.4. The van der Waals surface area contributed by atoms with E-state index in [4.69, 9.17) is 4.74 Å². The maximum atomic E-state index is 12.7. The van der Waals surface area contributed by atoms with Crippen molar-refractivity contribution in [2.45, 2.75) is 19.1 Å². The number of ether oxygens (including phenoxy) is 1. The summed E-state index contributed by atoms with van der Waals surface area (Å²) in [5.41, 5.74) is 0.874. The second kappa shape index (κ2) is 8.60. The third-order valence-corrected chi connectivity index (χ3v) is 4.77. The number of carbonyl (C=O) groups excluding carboxylic acids is 1. The predicted octanol–water partition coefficient (Wildman–Crippen LogP) is 3.60. The fourth-order valence-corrected chi connectivity index (χ4v) is 3.22. The van der Waals surface area contributed by atoms with Crippen LogP contribution in [0.25, 0.3) is 0 Å². The summed E-state index contributed by atoms with van der Waals surface area (Å²) in [5, 5.41) is 0. The first-order valence-corrected chi connectivity index (χ1v) is 9.04. The highest BCUT2D eigenvalue weighted by Crippen LogP contribution is 2.29. The molecule has 0 saturated carbocycles. The van der Waals surface area contributed by atoms with Gasteiger partial charge in [0.15, 0.2) is 0 Å². The summed E-state index contributed by atoms with van der Waals surface area (Å²) < 4.78 is 42.8. The van der Waals surface area contributed by atoms with E-state index < -0.39 is 11.7 Å². The molecule has 2 heterocycles. The van der Waals surface area contributed by atoms with Gasteiger partial charge in [0.05, 0.1) is 18.2 Å². The van der Waals surface area contributed by atoms with E-state index in [9.17, 15) is 18.0 Å². The van der Waals surface area contributed by atoms with E-state index in [0.29, 0.717) is 17.9 Å². The number of pyridine rings is 1. The van der Waals surface area contributed by atoms with E-state index in [1.54, 1.807) is 12.1 Å². The number of hydrogen-bond acceptors (Lipinski definition) is 5. The van der Waals surface area contributed by atoms with Crippen LogP contribution in [0.3, 0.4) is 0 Å². The SMILES string of the molecule is COC(=O)c1ccc(CN2CCCN(c3ccc(C(F)(F)F)cn3)CC2)cc1. The van der Waals surface area contributed by atoms with Crippen LogP contribution in [0.5, 0.6) is 0 Å². The van der Waals surface area contributed by atoms with E-state index in [0.717, 1.165) is 50.4 Å². The molecule has 0 unspecified atom stereocenters. The summed E-state index contributed by atoms with van der Waals surface area (Å²) in [5.74, 6) is 0.207. The summed E-state index contributed by atoms with van der Waals surface area (Å²) in [6.07, 6.45) is -2.59. The lowest BCUT2D eigenvalue weighted by atomic mass is 10.1. The van der Waals surface area contributed by atoms with Crippen molar-refractivity contribution in [1.82, 2.24) is 9.88 Å². The summed E-state index contributed by atoms with van der Waals surface area (Å²) in [6, 6.07) is 9.82. The van der Waals surface area contributed by atoms with Crippen molar-refractivity contribution < 1.29 is 22.7 Å². The molecule has 0 atom stereocenters. The zero-order valence-corrected chi connectivity index (χ0v) is 15.6. The Morgan fingerprint density at radius 2 is 1.82 bits per heavy atom. The molecule has 8 heteroatoms. The Bertz CT molecular complexity index is 792. The number of anilines is 1. The monoisotopic (exact) mass is 393 g/mol. The molecule has 1 aromatic carbocycles. The molecule has 1 fully saturated rings. The molecular weight excluding hydrogens is 371 g/mol. The highest BCUT2D eigenvalue weighted by atomic mass is 19.4. The van der Waals surface area contributed by atoms with Crippen LogP contribution in [-0.4, -0.2) is 49.1 Å². The van der Waals surface area contributed by atoms with Crippen LogP contribution in [0, 0.1) is 0 Å². The van der Waals surface area contributed by atoms with Gasteiger partial charge in [-0.3, -0.25) is 4.90 Å². The quantitative estimate of drug-likeness (QED) is 0.743. The van der Waals surface area contributed by atoms with Gasteiger partial charge < -0.3 is 9.64 Å². The van der Waals surface area contributed by atoms with Crippen molar-refractivity contribution >= 4 is 11.8 Å². The Morgan fingerprint density at radius 1 is 1.07 bits per heavy atom. The van der Waals surface area contributed by atoms with Crippen molar-refractivity contribution in [2.24, 2.45) is 0 Å². The van der Waals surface area contributed by atoms with E-state index in [2.05, 4.69) is 9.88 Å². The first-order valence-electron chi connectivity index (χ1n) is 9.04. The van der Waals surface area contributed by atoms with E-state index in [1.165, 1.54) is 13.2 Å². The predicted molar refractivity (Wildman–Crippen MR) is 99.1 cm³/mol. The molecule has 1 aliphatic heterocycles. The molecule has 1 aromatic heterocycles. The zero-order valence-electron chi connectivity index (χ0n) is 15.6. The third-order valence-electron chi connectivity index (χ3n) is 4.77. The number of hydrogen-bond donors (Lipinski definition) is 0. The van der Waals surface area contributed by atoms with Gasteiger partial charge in [0, 0.05) is 38.9 Å². The van der Waals surface area contributed by atoms with Gasteiger partial charge in [-0.25, -0.2) is 9.78 Å². The minimum atomic E-state index is -4.37. The fraction of sp³-hybridized carbons (Fsp3) is 0.400. The third kappa shape index (κ3) is 5.01. The van der Waals surface area contributed by atoms with Crippen LogP contribution in [0.4, 0.5) is 19.0 Å². The van der Waals surface area contributed by atoms with Crippen molar-refractivity contribution in [1.29, 1.82) is 0 Å². The molecule has 0 radical (unpaired) electrons. The maximum absolute atomic E-state index is 12.7. The number of aromatic nitrogens is 1. The van der Waals surface area contributed by atoms with Gasteiger partial charge in [-0.2, -0.15) is 13.2 Å². The number of carbonyl (C=O) groups is 1.